The first-order valence-electron chi connectivity index (χ1n) is 6.52. The first-order valence-corrected chi connectivity index (χ1v) is 6.52. The Bertz CT molecular complexity index is 479. The summed E-state index contributed by atoms with van der Waals surface area (Å²) < 4.78 is 5.13. The van der Waals surface area contributed by atoms with Crippen LogP contribution in [0.1, 0.15) is 55.3 Å². The highest BCUT2D eigenvalue weighted by molar-refractivity contribution is 5.94. The van der Waals surface area contributed by atoms with Crippen molar-refractivity contribution in [2.24, 2.45) is 0 Å². The Labute approximate surface area is 111 Å². The van der Waals surface area contributed by atoms with Gasteiger partial charge in [-0.1, -0.05) is 12.1 Å². The Morgan fingerprint density at radius 1 is 1.58 bits per heavy atom. The summed E-state index contributed by atoms with van der Waals surface area (Å²) in [4.78, 5) is 24.4. The maximum absolute atomic E-state index is 12.3. The van der Waals surface area contributed by atoms with Gasteiger partial charge in [0.2, 0.25) is 0 Å². The fourth-order valence-corrected chi connectivity index (χ4v) is 1.89. The molecule has 1 aromatic rings. The molecule has 0 spiro atoms. The average Bonchev–Trinajstić information content (AvgIpc) is 3.12. The van der Waals surface area contributed by atoms with Gasteiger partial charge in [0.1, 0.15) is 12.3 Å². The fraction of sp³-hybridized carbons (Fsp3) is 0.615. The predicted octanol–water partition coefficient (Wildman–Crippen LogP) is 1.88. The molecule has 1 heterocycles. The molecule has 0 bridgehead atoms. The fourth-order valence-electron chi connectivity index (χ4n) is 1.89. The van der Waals surface area contributed by atoms with Crippen molar-refractivity contribution in [3.63, 3.8) is 0 Å². The second kappa shape index (κ2) is 5.42. The number of hydrogen-bond donors (Lipinski definition) is 1. The van der Waals surface area contributed by atoms with Gasteiger partial charge in [0, 0.05) is 18.0 Å². The lowest BCUT2D eigenvalue weighted by molar-refractivity contribution is -0.138. The van der Waals surface area contributed by atoms with Gasteiger partial charge >= 0.3 is 5.97 Å². The second-order valence-electron chi connectivity index (χ2n) is 4.97. The van der Waals surface area contributed by atoms with Crippen molar-refractivity contribution in [1.29, 1.82) is 0 Å². The summed E-state index contributed by atoms with van der Waals surface area (Å²) in [6.45, 7) is 3.41. The number of hydrogen-bond acceptors (Lipinski definition) is 4. The molecule has 19 heavy (non-hydrogen) atoms. The first kappa shape index (κ1) is 13.6. The van der Waals surface area contributed by atoms with Crippen LogP contribution in [0.4, 0.5) is 0 Å². The molecule has 1 aliphatic rings. The summed E-state index contributed by atoms with van der Waals surface area (Å²) in [5.41, 5.74) is 0.198. The van der Waals surface area contributed by atoms with Gasteiger partial charge in [0.25, 0.3) is 5.91 Å². The van der Waals surface area contributed by atoms with Crippen LogP contribution in [0.25, 0.3) is 0 Å². The van der Waals surface area contributed by atoms with Gasteiger partial charge in [-0.3, -0.25) is 9.59 Å². The summed E-state index contributed by atoms with van der Waals surface area (Å²) >= 11 is 0. The quantitative estimate of drug-likeness (QED) is 0.849. The third-order valence-electron chi connectivity index (χ3n) is 3.42. The number of carbonyl (C=O) groups excluding carboxylic acids is 1. The lowest BCUT2D eigenvalue weighted by Gasteiger charge is -2.25. The van der Waals surface area contributed by atoms with E-state index in [9.17, 15) is 9.59 Å². The van der Waals surface area contributed by atoms with Crippen molar-refractivity contribution >= 4 is 11.9 Å². The molecule has 1 amide bonds. The Hall–Kier alpha value is -1.85. The molecule has 0 radical (unpaired) electrons. The third kappa shape index (κ3) is 3.13. The number of amides is 1. The maximum atomic E-state index is 12.3. The van der Waals surface area contributed by atoms with Crippen LogP contribution < -0.4 is 0 Å². The Balaban J connectivity index is 2.14. The van der Waals surface area contributed by atoms with E-state index in [4.69, 9.17) is 9.63 Å². The lowest BCUT2D eigenvalue weighted by Crippen LogP contribution is -2.42. The molecule has 1 fully saturated rings. The van der Waals surface area contributed by atoms with Crippen LogP contribution in [-0.2, 0) is 4.79 Å². The number of nitrogens with zero attached hydrogens (tertiary/aromatic N) is 2. The molecule has 0 aromatic carbocycles. The Morgan fingerprint density at radius 3 is 2.79 bits per heavy atom. The minimum atomic E-state index is -1.03. The van der Waals surface area contributed by atoms with Crippen molar-refractivity contribution < 1.29 is 19.2 Å². The van der Waals surface area contributed by atoms with Gasteiger partial charge in [0.05, 0.1) is 0 Å². The molecule has 0 aliphatic heterocycles. The average molecular weight is 266 g/mol. The van der Waals surface area contributed by atoms with Crippen molar-refractivity contribution in [3.05, 3.63) is 17.5 Å². The van der Waals surface area contributed by atoms with Crippen LogP contribution in [0, 0.1) is 0 Å². The van der Waals surface area contributed by atoms with E-state index < -0.39 is 5.97 Å². The van der Waals surface area contributed by atoms with Crippen LogP contribution in [0.15, 0.2) is 10.6 Å². The molecule has 6 heteroatoms. The van der Waals surface area contributed by atoms with E-state index in [0.717, 1.165) is 18.6 Å². The van der Waals surface area contributed by atoms with Crippen LogP contribution >= 0.6 is 0 Å². The monoisotopic (exact) mass is 266 g/mol. The Morgan fingerprint density at radius 2 is 2.26 bits per heavy atom. The number of carboxylic acids is 1. The van der Waals surface area contributed by atoms with Crippen molar-refractivity contribution in [2.45, 2.75) is 45.1 Å². The van der Waals surface area contributed by atoms with Gasteiger partial charge < -0.3 is 14.5 Å². The lowest BCUT2D eigenvalue weighted by atomic mass is 10.2. The largest absolute Gasteiger partial charge is 0.480 e. The molecule has 1 aliphatic carbocycles. The first-order chi connectivity index (χ1) is 9.02. The second-order valence-corrected chi connectivity index (χ2v) is 4.97. The van der Waals surface area contributed by atoms with Crippen LogP contribution in [-0.4, -0.2) is 39.6 Å². The zero-order valence-corrected chi connectivity index (χ0v) is 11.1. The van der Waals surface area contributed by atoms with E-state index in [2.05, 4.69) is 5.16 Å². The van der Waals surface area contributed by atoms with Crippen LogP contribution in [0.2, 0.25) is 0 Å². The maximum Gasteiger partial charge on any atom is 0.323 e. The SMILES string of the molecule is CCC(C)N(CC(=O)O)C(=O)c1cc(C2CC2)on1. The van der Waals surface area contributed by atoms with Crippen LogP contribution in [0.3, 0.4) is 0 Å². The van der Waals surface area contributed by atoms with E-state index in [1.807, 2.05) is 13.8 Å². The number of carbonyl (C=O) groups is 2. The molecule has 1 aromatic heterocycles. The summed E-state index contributed by atoms with van der Waals surface area (Å²) in [5, 5.41) is 12.7. The number of aromatic nitrogens is 1. The zero-order valence-electron chi connectivity index (χ0n) is 11.1. The van der Waals surface area contributed by atoms with Gasteiger partial charge in [-0.15, -0.1) is 0 Å². The number of carboxylic acid groups (broad SMARTS) is 1. The van der Waals surface area contributed by atoms with Gasteiger partial charge in [-0.25, -0.2) is 0 Å². The van der Waals surface area contributed by atoms with Gasteiger partial charge in [0.15, 0.2) is 5.69 Å². The highest BCUT2D eigenvalue weighted by Crippen LogP contribution is 2.40. The molecule has 1 atom stereocenters. The van der Waals surface area contributed by atoms with Crippen molar-refractivity contribution in [1.82, 2.24) is 10.1 Å². The van der Waals surface area contributed by atoms with E-state index in [1.54, 1.807) is 6.07 Å². The standard InChI is InChI=1S/C13H18N2O4/c1-3-8(2)15(7-12(16)17)13(18)10-6-11(19-14-10)9-4-5-9/h6,8-9H,3-5,7H2,1-2H3,(H,16,17). The smallest absolute Gasteiger partial charge is 0.323 e. The van der Waals surface area contributed by atoms with Gasteiger partial charge in [-0.2, -0.15) is 0 Å². The van der Waals surface area contributed by atoms with Gasteiger partial charge in [-0.05, 0) is 26.2 Å². The topological polar surface area (TPSA) is 83.6 Å². The third-order valence-corrected chi connectivity index (χ3v) is 3.42. The molecule has 6 nitrogen and oxygen atoms in total. The summed E-state index contributed by atoms with van der Waals surface area (Å²) in [6, 6.07) is 1.49. The molecule has 1 saturated carbocycles. The van der Waals surface area contributed by atoms with Crippen molar-refractivity contribution in [3.8, 4) is 0 Å². The van der Waals surface area contributed by atoms with E-state index >= 15 is 0 Å². The molecule has 1 N–H and O–H groups in total. The minimum absolute atomic E-state index is 0.148. The highest BCUT2D eigenvalue weighted by Gasteiger charge is 2.31. The highest BCUT2D eigenvalue weighted by atomic mass is 16.5. The normalized spacial score (nSPS) is 16.1. The molecule has 1 unspecified atom stereocenters. The molecule has 104 valence electrons. The zero-order chi connectivity index (χ0) is 14.0. The van der Waals surface area contributed by atoms with E-state index in [0.29, 0.717) is 12.3 Å². The summed E-state index contributed by atoms with van der Waals surface area (Å²) in [6.07, 6.45) is 2.81. The van der Waals surface area contributed by atoms with Crippen molar-refractivity contribution in [2.75, 3.05) is 6.54 Å². The predicted molar refractivity (Wildman–Crippen MR) is 66.9 cm³/mol. The summed E-state index contributed by atoms with van der Waals surface area (Å²) in [7, 11) is 0. The minimum Gasteiger partial charge on any atom is -0.480 e. The van der Waals surface area contributed by atoms with E-state index in [-0.39, 0.29) is 24.2 Å². The van der Waals surface area contributed by atoms with Crippen LogP contribution in [0.5, 0.6) is 0 Å². The molecule has 2 rings (SSSR count). The molecule has 0 saturated heterocycles. The van der Waals surface area contributed by atoms with E-state index in [1.165, 1.54) is 4.90 Å². The summed E-state index contributed by atoms with van der Waals surface area (Å²) in [5.74, 6) is -0.305. The Kier molecular flexibility index (Phi) is 3.87. The number of aliphatic carboxylic acids is 1. The molecular formula is C13H18N2O4. The number of rotatable bonds is 6. The molecular weight excluding hydrogens is 248 g/mol.